The topological polar surface area (TPSA) is 26.7 Å². The lowest BCUT2D eigenvalue weighted by Crippen LogP contribution is -2.34. The van der Waals surface area contributed by atoms with Crippen molar-refractivity contribution in [3.8, 4) is 0 Å². The Hall–Kier alpha value is -0.120. The molecule has 0 saturated carbocycles. The van der Waals surface area contributed by atoms with E-state index in [1.165, 1.54) is 25.9 Å². The molecular formula is C14H28N2O. The smallest absolute Gasteiger partial charge is 0.0679 e. The third-order valence-corrected chi connectivity index (χ3v) is 4.54. The summed E-state index contributed by atoms with van der Waals surface area (Å²) in [5.41, 5.74) is 0. The lowest BCUT2D eigenvalue weighted by atomic mass is 9.99. The van der Waals surface area contributed by atoms with E-state index in [4.69, 9.17) is 0 Å². The summed E-state index contributed by atoms with van der Waals surface area (Å²) in [7, 11) is 0. The second-order valence-corrected chi connectivity index (χ2v) is 6.27. The molecule has 0 aromatic rings. The predicted octanol–water partition coefficient (Wildman–Crippen LogP) is 1.56. The Bertz CT molecular complexity index is 244. The molecule has 0 bridgehead atoms. The summed E-state index contributed by atoms with van der Waals surface area (Å²) in [6, 6.07) is 1.34. The van der Waals surface area contributed by atoms with Gasteiger partial charge in [-0.3, -0.25) is 4.90 Å². The monoisotopic (exact) mass is 240 g/mol. The SMILES string of the molecule is CC(C)N1CCC(C[C@@H](C)N2CCC(O)C2)C1. The molecule has 2 heterocycles. The van der Waals surface area contributed by atoms with Gasteiger partial charge in [0.1, 0.15) is 0 Å². The summed E-state index contributed by atoms with van der Waals surface area (Å²) in [5.74, 6) is 0.866. The van der Waals surface area contributed by atoms with Crippen LogP contribution in [0, 0.1) is 5.92 Å². The minimum atomic E-state index is -0.0757. The molecule has 0 aliphatic carbocycles. The van der Waals surface area contributed by atoms with E-state index in [9.17, 15) is 5.11 Å². The lowest BCUT2D eigenvalue weighted by molar-refractivity contribution is 0.153. The Labute approximate surface area is 106 Å². The van der Waals surface area contributed by atoms with Gasteiger partial charge in [0.2, 0.25) is 0 Å². The summed E-state index contributed by atoms with van der Waals surface area (Å²) >= 11 is 0. The number of aliphatic hydroxyl groups is 1. The Morgan fingerprint density at radius 2 is 1.76 bits per heavy atom. The molecule has 2 aliphatic rings. The Morgan fingerprint density at radius 1 is 1.06 bits per heavy atom. The van der Waals surface area contributed by atoms with E-state index in [0.29, 0.717) is 12.1 Å². The third kappa shape index (κ3) is 3.43. The van der Waals surface area contributed by atoms with E-state index < -0.39 is 0 Å². The molecule has 100 valence electrons. The average molecular weight is 240 g/mol. The molecule has 3 atom stereocenters. The number of β-amino-alcohol motifs (C(OH)–C–C–N with tert-alkyl or cyclic N) is 1. The van der Waals surface area contributed by atoms with E-state index in [1.54, 1.807) is 0 Å². The van der Waals surface area contributed by atoms with Gasteiger partial charge in [-0.25, -0.2) is 0 Å². The molecule has 17 heavy (non-hydrogen) atoms. The number of hydrogen-bond acceptors (Lipinski definition) is 3. The van der Waals surface area contributed by atoms with E-state index >= 15 is 0 Å². The zero-order valence-electron chi connectivity index (χ0n) is 11.6. The van der Waals surface area contributed by atoms with Crippen molar-refractivity contribution in [1.82, 2.24) is 9.80 Å². The maximum atomic E-state index is 9.57. The Morgan fingerprint density at radius 3 is 2.29 bits per heavy atom. The van der Waals surface area contributed by atoms with Crippen LogP contribution in [0.15, 0.2) is 0 Å². The largest absolute Gasteiger partial charge is 0.392 e. The van der Waals surface area contributed by atoms with Gasteiger partial charge in [0, 0.05) is 31.7 Å². The molecule has 3 nitrogen and oxygen atoms in total. The van der Waals surface area contributed by atoms with Crippen molar-refractivity contribution in [3.63, 3.8) is 0 Å². The third-order valence-electron chi connectivity index (χ3n) is 4.54. The van der Waals surface area contributed by atoms with Crippen LogP contribution < -0.4 is 0 Å². The molecule has 0 radical (unpaired) electrons. The molecule has 0 aromatic heterocycles. The first kappa shape index (κ1) is 13.3. The number of likely N-dealkylation sites (tertiary alicyclic amines) is 2. The van der Waals surface area contributed by atoms with Crippen molar-refractivity contribution >= 4 is 0 Å². The summed E-state index contributed by atoms with van der Waals surface area (Å²) < 4.78 is 0. The molecule has 1 N–H and O–H groups in total. The van der Waals surface area contributed by atoms with Crippen LogP contribution in [0.2, 0.25) is 0 Å². The molecule has 2 rings (SSSR count). The summed E-state index contributed by atoms with van der Waals surface area (Å²) in [6.07, 6.45) is 3.55. The van der Waals surface area contributed by atoms with Gasteiger partial charge in [-0.2, -0.15) is 0 Å². The standard InChI is InChI=1S/C14H28N2O/c1-11(2)15-6-4-13(9-15)8-12(3)16-7-5-14(17)10-16/h11-14,17H,4-10H2,1-3H3/t12-,13?,14?/m1/s1. The minimum absolute atomic E-state index is 0.0757. The number of rotatable bonds is 4. The normalized spacial score (nSPS) is 33.7. The van der Waals surface area contributed by atoms with Crippen LogP contribution in [0.5, 0.6) is 0 Å². The number of aliphatic hydroxyl groups excluding tert-OH is 1. The Kier molecular flexibility index (Phi) is 4.45. The molecule has 0 spiro atoms. The highest BCUT2D eigenvalue weighted by Gasteiger charge is 2.29. The summed E-state index contributed by atoms with van der Waals surface area (Å²) in [5, 5.41) is 9.57. The second kappa shape index (κ2) is 5.68. The van der Waals surface area contributed by atoms with E-state index in [2.05, 4.69) is 30.6 Å². The van der Waals surface area contributed by atoms with E-state index in [0.717, 1.165) is 25.4 Å². The Balaban J connectivity index is 1.74. The van der Waals surface area contributed by atoms with Crippen LogP contribution in [0.1, 0.15) is 40.0 Å². The van der Waals surface area contributed by atoms with Crippen molar-refractivity contribution in [2.24, 2.45) is 5.92 Å². The van der Waals surface area contributed by atoms with Gasteiger partial charge in [-0.1, -0.05) is 0 Å². The van der Waals surface area contributed by atoms with Crippen LogP contribution in [0.25, 0.3) is 0 Å². The number of nitrogens with zero attached hydrogens (tertiary/aromatic N) is 2. The average Bonchev–Trinajstić information content (AvgIpc) is 2.86. The van der Waals surface area contributed by atoms with Gasteiger partial charge in [0.25, 0.3) is 0 Å². The van der Waals surface area contributed by atoms with Crippen LogP contribution in [0.4, 0.5) is 0 Å². The van der Waals surface area contributed by atoms with Crippen LogP contribution in [-0.4, -0.2) is 59.3 Å². The minimum Gasteiger partial charge on any atom is -0.392 e. The summed E-state index contributed by atoms with van der Waals surface area (Å²) in [4.78, 5) is 5.05. The predicted molar refractivity (Wildman–Crippen MR) is 71.1 cm³/mol. The molecule has 0 aromatic carbocycles. The fourth-order valence-corrected chi connectivity index (χ4v) is 3.32. The fraction of sp³-hybridized carbons (Fsp3) is 1.00. The van der Waals surface area contributed by atoms with Gasteiger partial charge in [0.15, 0.2) is 0 Å². The fourth-order valence-electron chi connectivity index (χ4n) is 3.32. The van der Waals surface area contributed by atoms with E-state index in [-0.39, 0.29) is 6.10 Å². The summed E-state index contributed by atoms with van der Waals surface area (Å²) in [6.45, 7) is 11.4. The number of hydrogen-bond donors (Lipinski definition) is 1. The highest BCUT2D eigenvalue weighted by atomic mass is 16.3. The zero-order chi connectivity index (χ0) is 12.4. The van der Waals surface area contributed by atoms with Crippen molar-refractivity contribution in [2.45, 2.75) is 58.2 Å². The highest BCUT2D eigenvalue weighted by Crippen LogP contribution is 2.25. The van der Waals surface area contributed by atoms with Crippen LogP contribution in [-0.2, 0) is 0 Å². The van der Waals surface area contributed by atoms with E-state index in [1.807, 2.05) is 0 Å². The first-order valence-corrected chi connectivity index (χ1v) is 7.22. The molecule has 2 aliphatic heterocycles. The molecule has 0 amide bonds. The van der Waals surface area contributed by atoms with Gasteiger partial charge in [-0.05, 0) is 52.5 Å². The second-order valence-electron chi connectivity index (χ2n) is 6.27. The molecule has 2 fully saturated rings. The van der Waals surface area contributed by atoms with Crippen molar-refractivity contribution < 1.29 is 5.11 Å². The molecular weight excluding hydrogens is 212 g/mol. The van der Waals surface area contributed by atoms with Crippen molar-refractivity contribution in [3.05, 3.63) is 0 Å². The molecule has 2 saturated heterocycles. The first-order valence-electron chi connectivity index (χ1n) is 7.22. The van der Waals surface area contributed by atoms with Crippen molar-refractivity contribution in [1.29, 1.82) is 0 Å². The highest BCUT2D eigenvalue weighted by molar-refractivity contribution is 4.84. The van der Waals surface area contributed by atoms with Gasteiger partial charge >= 0.3 is 0 Å². The van der Waals surface area contributed by atoms with Gasteiger partial charge in [0.05, 0.1) is 6.10 Å². The van der Waals surface area contributed by atoms with Crippen LogP contribution >= 0.6 is 0 Å². The quantitative estimate of drug-likeness (QED) is 0.808. The lowest BCUT2D eigenvalue weighted by Gasteiger charge is -2.27. The molecule has 2 unspecified atom stereocenters. The first-order chi connectivity index (χ1) is 8.06. The molecule has 3 heteroatoms. The van der Waals surface area contributed by atoms with Gasteiger partial charge in [-0.15, -0.1) is 0 Å². The van der Waals surface area contributed by atoms with Crippen molar-refractivity contribution in [2.75, 3.05) is 26.2 Å². The maximum absolute atomic E-state index is 9.57. The van der Waals surface area contributed by atoms with Gasteiger partial charge < -0.3 is 10.0 Å². The zero-order valence-corrected chi connectivity index (χ0v) is 11.6. The maximum Gasteiger partial charge on any atom is 0.0679 e. The van der Waals surface area contributed by atoms with Crippen LogP contribution in [0.3, 0.4) is 0 Å².